The summed E-state index contributed by atoms with van der Waals surface area (Å²) in [6, 6.07) is 5.17. The molecule has 0 aromatic heterocycles. The van der Waals surface area contributed by atoms with Crippen LogP contribution in [0.3, 0.4) is 0 Å². The van der Waals surface area contributed by atoms with Crippen LogP contribution >= 0.6 is 0 Å². The van der Waals surface area contributed by atoms with Crippen molar-refractivity contribution in [2.75, 3.05) is 0 Å². The van der Waals surface area contributed by atoms with Crippen LogP contribution in [0.5, 0.6) is 5.75 Å². The van der Waals surface area contributed by atoms with Crippen LogP contribution in [-0.2, 0) is 26.4 Å². The molecule has 5 fully saturated rings. The summed E-state index contributed by atoms with van der Waals surface area (Å²) >= 11 is 0. The maximum atomic E-state index is 12.3. The number of hydrogen-bond acceptors (Lipinski definition) is 7. The number of hydrogen-bond donors (Lipinski definition) is 1. The molecular formula is C38H51NaO7S. The number of ketones is 2. The molecule has 5 saturated carbocycles. The Morgan fingerprint density at radius 2 is 1.49 bits per heavy atom. The molecule has 0 heterocycles. The van der Waals surface area contributed by atoms with Crippen LogP contribution in [0.2, 0.25) is 0 Å². The number of allylic oxidation sites excluding steroid dienone is 1. The normalized spacial score (nSPS) is 43.3. The predicted molar refractivity (Wildman–Crippen MR) is 174 cm³/mol. The van der Waals surface area contributed by atoms with Crippen LogP contribution in [0.1, 0.15) is 128 Å². The predicted octanol–water partition coefficient (Wildman–Crippen LogP) is 4.22. The molecule has 0 unspecified atom stereocenters. The minimum atomic E-state index is -4.74. The van der Waals surface area contributed by atoms with E-state index in [-0.39, 0.29) is 51.6 Å². The van der Waals surface area contributed by atoms with E-state index in [4.69, 9.17) is 0 Å². The Morgan fingerprint density at radius 1 is 0.787 bits per heavy atom. The first kappa shape index (κ1) is 35.8. The minimum absolute atomic E-state index is 0. The third kappa shape index (κ3) is 5.87. The van der Waals surface area contributed by atoms with Crippen LogP contribution in [0.15, 0.2) is 29.8 Å². The molecule has 0 aliphatic heterocycles. The van der Waals surface area contributed by atoms with Gasteiger partial charge in [0, 0.05) is 18.3 Å². The summed E-state index contributed by atoms with van der Waals surface area (Å²) < 4.78 is 36.8. The molecule has 0 bridgehead atoms. The summed E-state index contributed by atoms with van der Waals surface area (Å²) in [5, 5.41) is 10.9. The Morgan fingerprint density at radius 3 is 2.23 bits per heavy atom. The maximum absolute atomic E-state index is 12.3. The second-order valence-corrected chi connectivity index (χ2v) is 17.9. The maximum Gasteiger partial charge on any atom is 1.00 e. The first-order chi connectivity index (χ1) is 21.6. The van der Waals surface area contributed by atoms with Gasteiger partial charge in [-0.2, -0.15) is 0 Å². The Balaban J connectivity index is 0.000000161. The van der Waals surface area contributed by atoms with E-state index in [0.29, 0.717) is 41.7 Å². The molecule has 1 aromatic carbocycles. The summed E-state index contributed by atoms with van der Waals surface area (Å²) in [5.74, 6) is 4.45. The molecule has 47 heavy (non-hydrogen) atoms. The fourth-order valence-electron chi connectivity index (χ4n) is 12.3. The molecule has 252 valence electrons. The van der Waals surface area contributed by atoms with Gasteiger partial charge in [0.15, 0.2) is 5.78 Å². The van der Waals surface area contributed by atoms with Crippen molar-refractivity contribution in [3.05, 3.63) is 41.0 Å². The molecule has 0 saturated heterocycles. The van der Waals surface area contributed by atoms with Crippen LogP contribution in [-0.4, -0.2) is 35.2 Å². The van der Waals surface area contributed by atoms with Crippen molar-refractivity contribution < 1.29 is 61.4 Å². The van der Waals surface area contributed by atoms with Crippen LogP contribution in [0.4, 0.5) is 0 Å². The number of carbonyl (C=O) groups is 2. The average molecular weight is 675 g/mol. The number of aryl methyl sites for hydroxylation is 1. The zero-order valence-corrected chi connectivity index (χ0v) is 31.8. The van der Waals surface area contributed by atoms with Crippen LogP contribution < -0.4 is 33.7 Å². The topological polar surface area (TPSA) is 121 Å². The second-order valence-electron chi connectivity index (χ2n) is 16.9. The van der Waals surface area contributed by atoms with Crippen LogP contribution in [0.25, 0.3) is 0 Å². The molecule has 1 N–H and O–H groups in total. The van der Waals surface area contributed by atoms with Gasteiger partial charge in [0.2, 0.25) is 0 Å². The van der Waals surface area contributed by atoms with Crippen LogP contribution in [0, 0.1) is 45.8 Å². The second kappa shape index (κ2) is 12.3. The number of rotatable bonds is 2. The molecule has 7 aliphatic carbocycles. The fraction of sp³-hybridized carbons (Fsp3) is 0.737. The van der Waals surface area contributed by atoms with Crippen molar-refractivity contribution in [3.63, 3.8) is 0 Å². The molecule has 7 aliphatic rings. The fourth-order valence-corrected chi connectivity index (χ4v) is 12.6. The Bertz CT molecular complexity index is 1580. The van der Waals surface area contributed by atoms with Gasteiger partial charge in [-0.25, -0.2) is 8.42 Å². The van der Waals surface area contributed by atoms with E-state index < -0.39 is 16.0 Å². The van der Waals surface area contributed by atoms with Crippen molar-refractivity contribution in [2.45, 2.75) is 129 Å². The van der Waals surface area contributed by atoms with Crippen molar-refractivity contribution >= 4 is 22.0 Å². The van der Waals surface area contributed by atoms with E-state index in [1.807, 2.05) is 12.1 Å². The van der Waals surface area contributed by atoms with Crippen molar-refractivity contribution in [1.29, 1.82) is 0 Å². The molecule has 0 spiro atoms. The molecule has 9 heteroatoms. The number of Topliss-reactive ketones (excluding diaryl/α,β-unsaturated/α-hetero) is 1. The number of carbonyl (C=O) groups excluding carboxylic acids is 2. The third-order valence-corrected chi connectivity index (χ3v) is 15.5. The number of benzene rings is 1. The largest absolute Gasteiger partial charge is 1.00 e. The van der Waals surface area contributed by atoms with Gasteiger partial charge in [0.05, 0.1) is 5.60 Å². The summed E-state index contributed by atoms with van der Waals surface area (Å²) in [6.07, 6.45) is 16.2. The Kier molecular flexibility index (Phi) is 9.39. The zero-order valence-electron chi connectivity index (χ0n) is 29.0. The summed E-state index contributed by atoms with van der Waals surface area (Å²) in [7, 11) is -4.74. The molecule has 10 atom stereocenters. The van der Waals surface area contributed by atoms with Gasteiger partial charge in [-0.05, 0) is 160 Å². The van der Waals surface area contributed by atoms with Crippen molar-refractivity contribution in [1.82, 2.24) is 0 Å². The number of aliphatic hydroxyl groups is 1. The van der Waals surface area contributed by atoms with Gasteiger partial charge in [0.1, 0.15) is 11.5 Å². The van der Waals surface area contributed by atoms with Gasteiger partial charge in [-0.1, -0.05) is 32.4 Å². The van der Waals surface area contributed by atoms with Gasteiger partial charge in [-0.3, -0.25) is 9.59 Å². The third-order valence-electron chi connectivity index (χ3n) is 15.1. The molecule has 7 nitrogen and oxygen atoms in total. The number of fused-ring (bicyclic) bond motifs is 10. The Hall–Kier alpha value is -1.03. The molecule has 1 aromatic rings. The molecule has 0 radical (unpaired) electrons. The monoisotopic (exact) mass is 674 g/mol. The van der Waals surface area contributed by atoms with Gasteiger partial charge in [-0.15, -0.1) is 0 Å². The van der Waals surface area contributed by atoms with E-state index in [9.17, 15) is 27.7 Å². The van der Waals surface area contributed by atoms with Crippen molar-refractivity contribution in [2.24, 2.45) is 45.8 Å². The van der Waals surface area contributed by atoms with Gasteiger partial charge < -0.3 is 13.8 Å². The van der Waals surface area contributed by atoms with Crippen molar-refractivity contribution in [3.8, 4) is 5.75 Å². The van der Waals surface area contributed by atoms with E-state index >= 15 is 0 Å². The van der Waals surface area contributed by atoms with Gasteiger partial charge >= 0.3 is 29.6 Å². The average Bonchev–Trinajstić information content (AvgIpc) is 3.43. The zero-order chi connectivity index (χ0) is 32.9. The summed E-state index contributed by atoms with van der Waals surface area (Å²) in [6.45, 7) is 8.99. The molecular weight excluding hydrogens is 623 g/mol. The van der Waals surface area contributed by atoms with E-state index in [2.05, 4.69) is 31.9 Å². The SMILES string of the molecule is C[C@]12CCC(=O)C=C1CC[C@@H]1[C@@H]2CC[C@@]2(C)[C@H]1CC[C@]2(C)O.C[C@]12CC[C@@H]3c4ccc(OS(=O)(=O)[O-])cc4CC[C@H]3[C@@H]1CCC2=O.[Na+]. The smallest absolute Gasteiger partial charge is 0.716 e. The first-order valence-electron chi connectivity index (χ1n) is 17.8. The first-order valence-corrected chi connectivity index (χ1v) is 19.2. The quantitative estimate of drug-likeness (QED) is 0.283. The molecule has 0 amide bonds. The molecule has 8 rings (SSSR count). The van der Waals surface area contributed by atoms with Gasteiger partial charge in [0.25, 0.3) is 10.4 Å². The van der Waals surface area contributed by atoms with E-state index in [0.717, 1.165) is 81.6 Å². The minimum Gasteiger partial charge on any atom is -0.716 e. The summed E-state index contributed by atoms with van der Waals surface area (Å²) in [5.41, 5.74) is 3.50. The van der Waals surface area contributed by atoms with E-state index in [1.165, 1.54) is 30.4 Å². The Labute approximate surface area is 303 Å². The standard InChI is InChI=1S/C20H30O2.C18H22O5S.Na/c1-18-9-6-14(21)12-13(18)4-5-15-16(18)7-10-19(2)17(15)8-11-20(19,3)22;1-18-9-8-14-13-5-3-12(23-24(20,21)22)10-11(13)2-4-15(14)16(18)6-7-17(18)19;/h12,15-17,22H,4-11H2,1-3H3;3,5,10,14-16H,2,4,6-9H2,1H3,(H,20,21,22);/q;;+1/p-1/t15-,16+,17+,18+,19+,20+;14-,15-,16+,18+;/m11./s1. The van der Waals surface area contributed by atoms with E-state index in [1.54, 1.807) is 12.1 Å². The summed E-state index contributed by atoms with van der Waals surface area (Å²) in [4.78, 5) is 24.2.